The summed E-state index contributed by atoms with van der Waals surface area (Å²) in [5.41, 5.74) is 4.22. The summed E-state index contributed by atoms with van der Waals surface area (Å²) in [4.78, 5) is 28.2. The van der Waals surface area contributed by atoms with Crippen LogP contribution < -0.4 is 15.5 Å². The van der Waals surface area contributed by atoms with Crippen LogP contribution in [0.25, 0.3) is 0 Å². The summed E-state index contributed by atoms with van der Waals surface area (Å²) in [7, 11) is 0. The van der Waals surface area contributed by atoms with Crippen LogP contribution >= 0.6 is 11.3 Å². The fraction of sp³-hybridized carbons (Fsp3) is 0.217. The third kappa shape index (κ3) is 4.32. The van der Waals surface area contributed by atoms with Gasteiger partial charge in [0.1, 0.15) is 0 Å². The molecule has 2 heterocycles. The fourth-order valence-corrected chi connectivity index (χ4v) is 4.47. The number of aryl methyl sites for hydroxylation is 1. The van der Waals surface area contributed by atoms with Crippen molar-refractivity contribution in [3.05, 3.63) is 82.0 Å². The van der Waals surface area contributed by atoms with Crippen molar-refractivity contribution in [2.45, 2.75) is 19.4 Å². The Morgan fingerprint density at radius 1 is 1.03 bits per heavy atom. The molecule has 3 aromatic rings. The number of nitrogens with zero attached hydrogens (tertiary/aromatic N) is 1. The van der Waals surface area contributed by atoms with E-state index in [1.54, 1.807) is 23.5 Å². The van der Waals surface area contributed by atoms with Crippen LogP contribution in [0.5, 0.6) is 0 Å². The monoisotopic (exact) mass is 405 g/mol. The van der Waals surface area contributed by atoms with E-state index in [-0.39, 0.29) is 6.04 Å². The number of nitrogens with one attached hydrogen (secondary N) is 2. The number of rotatable bonds is 5. The number of hydrogen-bond donors (Lipinski definition) is 2. The molecular weight excluding hydrogens is 382 g/mol. The summed E-state index contributed by atoms with van der Waals surface area (Å²) in [6.07, 6.45) is 0.986. The molecule has 2 N–H and O–H groups in total. The van der Waals surface area contributed by atoms with Gasteiger partial charge in [0, 0.05) is 29.3 Å². The average Bonchev–Trinajstić information content (AvgIpc) is 3.40. The van der Waals surface area contributed by atoms with Crippen molar-refractivity contribution in [3.8, 4) is 0 Å². The van der Waals surface area contributed by atoms with Crippen molar-refractivity contribution in [1.29, 1.82) is 0 Å². The van der Waals surface area contributed by atoms with Crippen molar-refractivity contribution in [1.82, 2.24) is 5.32 Å². The molecule has 6 heteroatoms. The first kappa shape index (κ1) is 19.2. The van der Waals surface area contributed by atoms with Gasteiger partial charge in [-0.3, -0.25) is 9.59 Å². The molecule has 1 aliphatic rings. The molecule has 5 nitrogen and oxygen atoms in total. The molecule has 0 spiro atoms. The van der Waals surface area contributed by atoms with Crippen molar-refractivity contribution in [2.24, 2.45) is 0 Å². The van der Waals surface area contributed by atoms with Gasteiger partial charge >= 0.3 is 11.8 Å². The summed E-state index contributed by atoms with van der Waals surface area (Å²) in [5.74, 6) is -1.28. The predicted molar refractivity (Wildman–Crippen MR) is 117 cm³/mol. The van der Waals surface area contributed by atoms with Gasteiger partial charge in [-0.25, -0.2) is 0 Å². The minimum absolute atomic E-state index is 0.00484. The number of para-hydroxylation sites is 1. The summed E-state index contributed by atoms with van der Waals surface area (Å²) >= 11 is 1.66. The van der Waals surface area contributed by atoms with Gasteiger partial charge in [-0.05, 0) is 48.6 Å². The van der Waals surface area contributed by atoms with E-state index < -0.39 is 11.8 Å². The number of fused-ring (bicyclic) bond motifs is 1. The molecular formula is C23H23N3O2S. The molecule has 1 atom stereocenters. The van der Waals surface area contributed by atoms with Gasteiger partial charge in [0.2, 0.25) is 0 Å². The molecule has 0 fully saturated rings. The Morgan fingerprint density at radius 2 is 1.83 bits per heavy atom. The van der Waals surface area contributed by atoms with Gasteiger partial charge in [0.05, 0.1) is 6.04 Å². The van der Waals surface area contributed by atoms with Gasteiger partial charge in [-0.2, -0.15) is 0 Å². The predicted octanol–water partition coefficient (Wildman–Crippen LogP) is 3.92. The maximum absolute atomic E-state index is 12.4. The fourth-order valence-electron chi connectivity index (χ4n) is 3.63. The Bertz CT molecular complexity index is 999. The van der Waals surface area contributed by atoms with Crippen LogP contribution in [0.3, 0.4) is 0 Å². The van der Waals surface area contributed by atoms with Gasteiger partial charge in [0.15, 0.2) is 0 Å². The lowest BCUT2D eigenvalue weighted by Crippen LogP contribution is -2.41. The molecule has 1 aliphatic heterocycles. The summed E-state index contributed by atoms with van der Waals surface area (Å²) < 4.78 is 0. The minimum Gasteiger partial charge on any atom is -0.361 e. The van der Waals surface area contributed by atoms with E-state index in [1.165, 1.54) is 16.1 Å². The number of carbonyl (C=O) groups excluding carboxylic acids is 2. The van der Waals surface area contributed by atoms with Crippen LogP contribution in [-0.2, 0) is 16.0 Å². The van der Waals surface area contributed by atoms with Crippen LogP contribution in [0, 0.1) is 6.92 Å². The highest BCUT2D eigenvalue weighted by Gasteiger charge is 2.28. The minimum atomic E-state index is -0.652. The Balaban J connectivity index is 1.44. The van der Waals surface area contributed by atoms with E-state index in [0.717, 1.165) is 18.5 Å². The highest BCUT2D eigenvalue weighted by Crippen LogP contribution is 2.36. The molecule has 2 amide bonds. The van der Waals surface area contributed by atoms with Crippen LogP contribution in [0.2, 0.25) is 0 Å². The average molecular weight is 406 g/mol. The first-order valence-electron chi connectivity index (χ1n) is 9.65. The van der Waals surface area contributed by atoms with Gasteiger partial charge in [-0.1, -0.05) is 42.0 Å². The lowest BCUT2D eigenvalue weighted by molar-refractivity contribution is -0.136. The topological polar surface area (TPSA) is 61.4 Å². The SMILES string of the molecule is Cc1ccc(NC(=O)C(=O)NCC(c2cccs2)N2CCc3ccccc32)cc1. The van der Waals surface area contributed by atoms with Crippen molar-refractivity contribution >= 4 is 34.5 Å². The maximum atomic E-state index is 12.4. The summed E-state index contributed by atoms with van der Waals surface area (Å²) in [6.45, 7) is 3.24. The van der Waals surface area contributed by atoms with Gasteiger partial charge in [0.25, 0.3) is 0 Å². The van der Waals surface area contributed by atoms with Crippen LogP contribution in [-0.4, -0.2) is 24.9 Å². The molecule has 0 bridgehead atoms. The second-order valence-electron chi connectivity index (χ2n) is 7.13. The molecule has 4 rings (SSSR count). The van der Waals surface area contributed by atoms with Crippen LogP contribution in [0.1, 0.15) is 22.0 Å². The Morgan fingerprint density at radius 3 is 2.59 bits per heavy atom. The Labute approximate surface area is 174 Å². The number of thiophene rings is 1. The van der Waals surface area contributed by atoms with Crippen LogP contribution in [0.4, 0.5) is 11.4 Å². The maximum Gasteiger partial charge on any atom is 0.313 e. The van der Waals surface area contributed by atoms with Crippen LogP contribution in [0.15, 0.2) is 66.0 Å². The molecule has 0 saturated carbocycles. The molecule has 148 valence electrons. The number of amides is 2. The van der Waals surface area contributed by atoms with Crippen molar-refractivity contribution in [2.75, 3.05) is 23.3 Å². The van der Waals surface area contributed by atoms with E-state index in [2.05, 4.69) is 39.8 Å². The smallest absolute Gasteiger partial charge is 0.313 e. The molecule has 0 aliphatic carbocycles. The van der Waals surface area contributed by atoms with E-state index in [1.807, 2.05) is 36.6 Å². The number of anilines is 2. The van der Waals surface area contributed by atoms with Gasteiger partial charge < -0.3 is 15.5 Å². The largest absolute Gasteiger partial charge is 0.361 e. The van der Waals surface area contributed by atoms with E-state index in [9.17, 15) is 9.59 Å². The van der Waals surface area contributed by atoms with Crippen molar-refractivity contribution in [3.63, 3.8) is 0 Å². The number of carbonyl (C=O) groups is 2. The number of benzene rings is 2. The first-order valence-corrected chi connectivity index (χ1v) is 10.5. The zero-order chi connectivity index (χ0) is 20.2. The van der Waals surface area contributed by atoms with E-state index in [0.29, 0.717) is 12.2 Å². The molecule has 1 aromatic heterocycles. The zero-order valence-corrected chi connectivity index (χ0v) is 17.0. The van der Waals surface area contributed by atoms with Gasteiger partial charge in [-0.15, -0.1) is 11.3 Å². The molecule has 1 unspecified atom stereocenters. The zero-order valence-electron chi connectivity index (χ0n) is 16.2. The van der Waals surface area contributed by atoms with Crippen molar-refractivity contribution < 1.29 is 9.59 Å². The Kier molecular flexibility index (Phi) is 5.62. The Hall–Kier alpha value is -3.12. The quantitative estimate of drug-likeness (QED) is 0.633. The van der Waals surface area contributed by atoms with E-state index >= 15 is 0 Å². The third-order valence-electron chi connectivity index (χ3n) is 5.14. The standard InChI is InChI=1S/C23H23N3O2S/c1-16-8-10-18(11-9-16)25-23(28)22(27)24-15-20(21-7-4-14-29-21)26-13-12-17-5-2-3-6-19(17)26/h2-11,14,20H,12-13,15H2,1H3,(H,24,27)(H,25,28). The first-order chi connectivity index (χ1) is 14.1. The number of hydrogen-bond acceptors (Lipinski definition) is 4. The highest BCUT2D eigenvalue weighted by atomic mass is 32.1. The summed E-state index contributed by atoms with van der Waals surface area (Å²) in [5, 5.41) is 7.51. The molecule has 29 heavy (non-hydrogen) atoms. The summed E-state index contributed by atoms with van der Waals surface area (Å²) in [6, 6.07) is 19.8. The molecule has 2 aromatic carbocycles. The third-order valence-corrected chi connectivity index (χ3v) is 6.12. The second-order valence-corrected chi connectivity index (χ2v) is 8.11. The van der Waals surface area contributed by atoms with E-state index in [4.69, 9.17) is 0 Å². The lowest BCUT2D eigenvalue weighted by Gasteiger charge is -2.30. The normalized spacial score (nSPS) is 13.6. The second kappa shape index (κ2) is 8.49. The molecule has 0 saturated heterocycles. The lowest BCUT2D eigenvalue weighted by atomic mass is 10.1. The molecule has 0 radical (unpaired) electrons. The highest BCUT2D eigenvalue weighted by molar-refractivity contribution is 7.10.